The molecule has 4 nitrogen and oxygen atoms in total. The highest BCUT2D eigenvalue weighted by molar-refractivity contribution is 9.10. The van der Waals surface area contributed by atoms with Crippen molar-refractivity contribution in [2.75, 3.05) is 5.73 Å². The van der Waals surface area contributed by atoms with E-state index in [2.05, 4.69) is 15.9 Å². The quantitative estimate of drug-likeness (QED) is 0.826. The van der Waals surface area contributed by atoms with Crippen LogP contribution in [0.15, 0.2) is 45.8 Å². The maximum atomic E-state index is 14.0. The predicted molar refractivity (Wildman–Crippen MR) is 81.4 cm³/mol. The average Bonchev–Trinajstić information content (AvgIpc) is 2.87. The number of nitrogens with two attached hydrogens (primary N) is 1. The predicted octanol–water partition coefficient (Wildman–Crippen LogP) is 2.87. The Hall–Kier alpha value is -1.44. The number of anilines is 1. The van der Waals surface area contributed by atoms with Gasteiger partial charge in [-0.1, -0.05) is 24.3 Å². The number of rotatable bonds is 2. The number of hydrogen-bond donors (Lipinski definition) is 1. The smallest absolute Gasteiger partial charge is 0.246 e. The van der Waals surface area contributed by atoms with Crippen molar-refractivity contribution in [1.82, 2.24) is 4.31 Å². The lowest BCUT2D eigenvalue weighted by atomic mass is 10.1. The van der Waals surface area contributed by atoms with E-state index in [1.54, 1.807) is 0 Å². The van der Waals surface area contributed by atoms with Crippen LogP contribution in [-0.2, 0) is 23.1 Å². The van der Waals surface area contributed by atoms with E-state index in [9.17, 15) is 12.8 Å². The van der Waals surface area contributed by atoms with Crippen molar-refractivity contribution < 1.29 is 12.8 Å². The molecule has 7 heteroatoms. The maximum absolute atomic E-state index is 14.0. The molecule has 1 heterocycles. The fourth-order valence-electron chi connectivity index (χ4n) is 2.35. The molecule has 0 saturated heterocycles. The van der Waals surface area contributed by atoms with Crippen molar-refractivity contribution >= 4 is 31.6 Å². The summed E-state index contributed by atoms with van der Waals surface area (Å²) in [4.78, 5) is -0.393. The molecule has 0 fully saturated rings. The topological polar surface area (TPSA) is 63.4 Å². The zero-order chi connectivity index (χ0) is 15.2. The molecular formula is C14H12BrFN2O2S. The Labute approximate surface area is 130 Å². The molecule has 2 aromatic carbocycles. The second-order valence-corrected chi connectivity index (χ2v) is 7.61. The molecule has 0 aromatic heterocycles. The van der Waals surface area contributed by atoms with Gasteiger partial charge in [-0.2, -0.15) is 4.31 Å². The summed E-state index contributed by atoms with van der Waals surface area (Å²) in [5.74, 6) is -0.813. The molecule has 1 aliphatic heterocycles. The van der Waals surface area contributed by atoms with E-state index in [4.69, 9.17) is 5.73 Å². The van der Waals surface area contributed by atoms with Crippen molar-refractivity contribution in [3.05, 3.63) is 57.8 Å². The fraction of sp³-hybridized carbons (Fsp3) is 0.143. The van der Waals surface area contributed by atoms with E-state index in [0.717, 1.165) is 23.3 Å². The highest BCUT2D eigenvalue weighted by Crippen LogP contribution is 2.32. The van der Waals surface area contributed by atoms with Gasteiger partial charge in [0.1, 0.15) is 10.7 Å². The minimum atomic E-state index is -3.92. The van der Waals surface area contributed by atoms with Gasteiger partial charge < -0.3 is 5.73 Å². The second-order valence-electron chi connectivity index (χ2n) is 4.85. The number of nitrogen functional groups attached to an aromatic ring is 1. The van der Waals surface area contributed by atoms with Crippen molar-refractivity contribution in [2.24, 2.45) is 0 Å². The first-order chi connectivity index (χ1) is 9.89. The van der Waals surface area contributed by atoms with E-state index in [1.807, 2.05) is 24.3 Å². The summed E-state index contributed by atoms with van der Waals surface area (Å²) < 4.78 is 40.8. The number of sulfonamides is 1. The normalized spacial score (nSPS) is 15.1. The van der Waals surface area contributed by atoms with Crippen LogP contribution in [-0.4, -0.2) is 12.7 Å². The minimum absolute atomic E-state index is 0.187. The van der Waals surface area contributed by atoms with Gasteiger partial charge in [0.2, 0.25) is 10.0 Å². The SMILES string of the molecule is Nc1cc(S(=O)(=O)N2Cc3ccccc3C2)c(F)cc1Br. The summed E-state index contributed by atoms with van der Waals surface area (Å²) >= 11 is 3.08. The van der Waals surface area contributed by atoms with Crippen LogP contribution in [0.3, 0.4) is 0 Å². The number of halogens is 2. The Bertz CT molecular complexity index is 799. The van der Waals surface area contributed by atoms with E-state index in [-0.39, 0.29) is 18.8 Å². The molecule has 0 spiro atoms. The molecule has 3 rings (SSSR count). The van der Waals surface area contributed by atoms with Crippen LogP contribution < -0.4 is 5.73 Å². The van der Waals surface area contributed by atoms with Gasteiger partial charge >= 0.3 is 0 Å². The highest BCUT2D eigenvalue weighted by atomic mass is 79.9. The van der Waals surface area contributed by atoms with Gasteiger partial charge in [0.15, 0.2) is 0 Å². The van der Waals surface area contributed by atoms with Gasteiger partial charge in [-0.15, -0.1) is 0 Å². The number of hydrogen-bond acceptors (Lipinski definition) is 3. The van der Waals surface area contributed by atoms with Gasteiger partial charge in [0, 0.05) is 23.2 Å². The molecular weight excluding hydrogens is 359 g/mol. The molecule has 0 atom stereocenters. The van der Waals surface area contributed by atoms with Crippen molar-refractivity contribution in [3.63, 3.8) is 0 Å². The third-order valence-corrected chi connectivity index (χ3v) is 5.97. The molecule has 2 N–H and O–H groups in total. The van der Waals surface area contributed by atoms with Crippen LogP contribution >= 0.6 is 15.9 Å². The lowest BCUT2D eigenvalue weighted by molar-refractivity contribution is 0.427. The zero-order valence-corrected chi connectivity index (χ0v) is 13.3. The van der Waals surface area contributed by atoms with E-state index >= 15 is 0 Å². The summed E-state index contributed by atoms with van der Waals surface area (Å²) in [6.07, 6.45) is 0. The van der Waals surface area contributed by atoms with Crippen LogP contribution in [0, 0.1) is 5.82 Å². The lowest BCUT2D eigenvalue weighted by Gasteiger charge is -2.16. The van der Waals surface area contributed by atoms with Crippen LogP contribution in [0.25, 0.3) is 0 Å². The van der Waals surface area contributed by atoms with E-state index in [1.165, 1.54) is 4.31 Å². The number of fused-ring (bicyclic) bond motifs is 1. The Morgan fingerprint density at radius 2 is 1.71 bits per heavy atom. The van der Waals surface area contributed by atoms with E-state index in [0.29, 0.717) is 4.47 Å². The van der Waals surface area contributed by atoms with Gasteiger partial charge in [-0.05, 0) is 39.2 Å². The summed E-state index contributed by atoms with van der Waals surface area (Å²) in [6, 6.07) is 9.68. The standard InChI is InChI=1S/C14H12BrFN2O2S/c15-11-5-12(16)14(6-13(11)17)21(19,20)18-7-9-3-1-2-4-10(9)8-18/h1-6H,7-8,17H2. The Kier molecular flexibility index (Phi) is 3.51. The Balaban J connectivity index is 2.02. The first-order valence-electron chi connectivity index (χ1n) is 6.21. The lowest BCUT2D eigenvalue weighted by Crippen LogP contribution is -2.26. The first kappa shape index (κ1) is 14.5. The average molecular weight is 371 g/mol. The summed E-state index contributed by atoms with van der Waals surface area (Å²) in [5, 5.41) is 0. The third kappa shape index (κ3) is 2.45. The van der Waals surface area contributed by atoms with Gasteiger partial charge in [-0.3, -0.25) is 0 Å². The molecule has 0 radical (unpaired) electrons. The van der Waals surface area contributed by atoms with Crippen LogP contribution in [0.4, 0.5) is 10.1 Å². The largest absolute Gasteiger partial charge is 0.398 e. The molecule has 0 aliphatic carbocycles. The molecule has 0 amide bonds. The molecule has 0 bridgehead atoms. The highest BCUT2D eigenvalue weighted by Gasteiger charge is 2.32. The Morgan fingerprint density at radius 1 is 1.14 bits per heavy atom. The first-order valence-corrected chi connectivity index (χ1v) is 8.44. The van der Waals surface area contributed by atoms with Gasteiger partial charge in [-0.25, -0.2) is 12.8 Å². The summed E-state index contributed by atoms with van der Waals surface area (Å²) in [7, 11) is -3.92. The van der Waals surface area contributed by atoms with Crippen molar-refractivity contribution in [3.8, 4) is 0 Å². The molecule has 21 heavy (non-hydrogen) atoms. The fourth-order valence-corrected chi connectivity index (χ4v) is 4.15. The minimum Gasteiger partial charge on any atom is -0.398 e. The number of benzene rings is 2. The van der Waals surface area contributed by atoms with Crippen molar-refractivity contribution in [2.45, 2.75) is 18.0 Å². The molecule has 0 saturated carbocycles. The maximum Gasteiger partial charge on any atom is 0.246 e. The van der Waals surface area contributed by atoms with Gasteiger partial charge in [0.05, 0.1) is 0 Å². The summed E-state index contributed by atoms with van der Waals surface area (Å²) in [6.45, 7) is 0.488. The summed E-state index contributed by atoms with van der Waals surface area (Å²) in [5.41, 5.74) is 7.73. The molecule has 0 unspecified atom stereocenters. The zero-order valence-electron chi connectivity index (χ0n) is 10.9. The van der Waals surface area contributed by atoms with Crippen LogP contribution in [0.2, 0.25) is 0 Å². The number of nitrogens with zero attached hydrogens (tertiary/aromatic N) is 1. The van der Waals surface area contributed by atoms with Crippen LogP contribution in [0.5, 0.6) is 0 Å². The van der Waals surface area contributed by atoms with Crippen LogP contribution in [0.1, 0.15) is 11.1 Å². The molecule has 1 aliphatic rings. The molecule has 2 aromatic rings. The third-order valence-electron chi connectivity index (χ3n) is 3.48. The second kappa shape index (κ2) is 5.08. The Morgan fingerprint density at radius 3 is 2.29 bits per heavy atom. The van der Waals surface area contributed by atoms with Crippen molar-refractivity contribution in [1.29, 1.82) is 0 Å². The van der Waals surface area contributed by atoms with E-state index < -0.39 is 20.7 Å². The molecule has 110 valence electrons. The van der Waals surface area contributed by atoms with Gasteiger partial charge in [0.25, 0.3) is 0 Å². The monoisotopic (exact) mass is 370 g/mol.